The maximum atomic E-state index is 13.5. The number of benzene rings is 1. The fourth-order valence-electron chi connectivity index (χ4n) is 4.86. The first-order valence-corrected chi connectivity index (χ1v) is 9.23. The maximum absolute atomic E-state index is 13.5. The lowest BCUT2D eigenvalue weighted by Gasteiger charge is -2.26. The van der Waals surface area contributed by atoms with E-state index in [0.717, 1.165) is 52.7 Å². The Morgan fingerprint density at radius 3 is 2.88 bits per heavy atom. The Morgan fingerprint density at radius 1 is 1.36 bits per heavy atom. The highest BCUT2D eigenvalue weighted by Crippen LogP contribution is 2.48. The Kier molecular flexibility index (Phi) is 3.84. The third-order valence-electron chi connectivity index (χ3n) is 6.48. The summed E-state index contributed by atoms with van der Waals surface area (Å²) in [6.07, 6.45) is 3.33. The van der Waals surface area contributed by atoms with E-state index in [1.54, 1.807) is 0 Å². The second-order valence-corrected chi connectivity index (χ2v) is 8.01. The van der Waals surface area contributed by atoms with Gasteiger partial charge in [-0.25, -0.2) is 0 Å². The van der Waals surface area contributed by atoms with Crippen molar-refractivity contribution in [2.24, 2.45) is 11.3 Å². The van der Waals surface area contributed by atoms with Crippen molar-refractivity contribution < 1.29 is 9.90 Å². The zero-order valence-electron chi connectivity index (χ0n) is 15.3. The van der Waals surface area contributed by atoms with Gasteiger partial charge in [0.2, 0.25) is 0 Å². The van der Waals surface area contributed by atoms with Crippen LogP contribution in [-0.4, -0.2) is 40.6 Å². The summed E-state index contributed by atoms with van der Waals surface area (Å²) >= 11 is 0. The van der Waals surface area contributed by atoms with Crippen molar-refractivity contribution in [1.29, 1.82) is 0 Å². The Bertz CT molecular complexity index is 861. The Morgan fingerprint density at radius 2 is 2.16 bits per heavy atom. The molecule has 132 valence electrons. The molecule has 0 bridgehead atoms. The first kappa shape index (κ1) is 16.5. The lowest BCUT2D eigenvalue weighted by Crippen LogP contribution is -2.34. The van der Waals surface area contributed by atoms with Crippen LogP contribution in [0, 0.1) is 32.1 Å². The summed E-state index contributed by atoms with van der Waals surface area (Å²) < 4.78 is 0. The number of hydrogen-bond donors (Lipinski definition) is 1. The molecule has 1 saturated carbocycles. The molecule has 4 nitrogen and oxygen atoms in total. The summed E-state index contributed by atoms with van der Waals surface area (Å²) in [5, 5.41) is 10.9. The highest BCUT2D eigenvalue weighted by Gasteiger charge is 2.50. The molecule has 2 aromatic rings. The van der Waals surface area contributed by atoms with Gasteiger partial charge in [0.05, 0.1) is 17.7 Å². The van der Waals surface area contributed by atoms with Gasteiger partial charge in [0.1, 0.15) is 0 Å². The third-order valence-corrected chi connectivity index (χ3v) is 6.48. The lowest BCUT2D eigenvalue weighted by molar-refractivity contribution is 0.0735. The van der Waals surface area contributed by atoms with Gasteiger partial charge < -0.3 is 10.0 Å². The van der Waals surface area contributed by atoms with Gasteiger partial charge in [-0.15, -0.1) is 0 Å². The number of rotatable bonds is 2. The second kappa shape index (κ2) is 5.80. The van der Waals surface area contributed by atoms with Crippen molar-refractivity contribution >= 4 is 16.8 Å². The van der Waals surface area contributed by atoms with Crippen molar-refractivity contribution in [3.63, 3.8) is 0 Å². The summed E-state index contributed by atoms with van der Waals surface area (Å²) in [6.45, 7) is 7.66. The molecule has 2 heterocycles. The van der Waals surface area contributed by atoms with E-state index in [1.165, 1.54) is 6.42 Å². The van der Waals surface area contributed by atoms with Gasteiger partial charge in [0.15, 0.2) is 0 Å². The summed E-state index contributed by atoms with van der Waals surface area (Å²) in [7, 11) is 0. The number of pyridine rings is 1. The quantitative estimate of drug-likeness (QED) is 0.913. The monoisotopic (exact) mass is 338 g/mol. The molecule has 25 heavy (non-hydrogen) atoms. The number of aliphatic hydroxyl groups excluding tert-OH is 1. The molecule has 1 amide bonds. The largest absolute Gasteiger partial charge is 0.396 e. The van der Waals surface area contributed by atoms with Gasteiger partial charge in [-0.3, -0.25) is 9.78 Å². The van der Waals surface area contributed by atoms with Gasteiger partial charge >= 0.3 is 0 Å². The van der Waals surface area contributed by atoms with E-state index in [-0.39, 0.29) is 17.9 Å². The van der Waals surface area contributed by atoms with E-state index >= 15 is 0 Å². The standard InChI is InChI=1S/C21H26N2O2/c1-13-6-7-18-17(9-13)19(14(2)15(3)22-18)20(25)23-10-16-5-4-8-21(16,11-23)12-24/h6-7,9,16,24H,4-5,8,10-12H2,1-3H3/t16-,21+/m0/s1. The minimum atomic E-state index is -0.0721. The van der Waals surface area contributed by atoms with Crippen molar-refractivity contribution in [2.45, 2.75) is 40.0 Å². The molecule has 1 N–H and O–H groups in total. The minimum Gasteiger partial charge on any atom is -0.396 e. The molecule has 1 aliphatic carbocycles. The number of carbonyl (C=O) groups excluding carboxylic acids is 1. The van der Waals surface area contributed by atoms with E-state index in [1.807, 2.05) is 37.8 Å². The van der Waals surface area contributed by atoms with Crippen LogP contribution in [0.2, 0.25) is 0 Å². The molecule has 2 fully saturated rings. The van der Waals surface area contributed by atoms with Gasteiger partial charge in [0, 0.05) is 29.6 Å². The molecule has 1 aromatic heterocycles. The molecule has 0 unspecified atom stereocenters. The number of aryl methyl sites for hydroxylation is 2. The van der Waals surface area contributed by atoms with Crippen LogP contribution < -0.4 is 0 Å². The van der Waals surface area contributed by atoms with E-state index < -0.39 is 0 Å². The van der Waals surface area contributed by atoms with E-state index in [9.17, 15) is 9.90 Å². The molecular formula is C21H26N2O2. The second-order valence-electron chi connectivity index (χ2n) is 8.01. The number of carbonyl (C=O) groups is 1. The van der Waals surface area contributed by atoms with Crippen LogP contribution in [0.4, 0.5) is 0 Å². The van der Waals surface area contributed by atoms with Gasteiger partial charge in [-0.2, -0.15) is 0 Å². The zero-order valence-corrected chi connectivity index (χ0v) is 15.3. The number of amides is 1. The first-order valence-electron chi connectivity index (χ1n) is 9.23. The predicted octanol–water partition coefficient (Wildman–Crippen LogP) is 3.39. The van der Waals surface area contributed by atoms with E-state index in [0.29, 0.717) is 12.5 Å². The normalized spacial score (nSPS) is 25.6. The highest BCUT2D eigenvalue weighted by atomic mass is 16.3. The average molecular weight is 338 g/mol. The number of aliphatic hydroxyl groups is 1. The minimum absolute atomic E-state index is 0.0721. The number of nitrogens with zero attached hydrogens (tertiary/aromatic N) is 2. The molecule has 1 aromatic carbocycles. The fourth-order valence-corrected chi connectivity index (χ4v) is 4.86. The van der Waals surface area contributed by atoms with Crippen molar-refractivity contribution in [2.75, 3.05) is 19.7 Å². The average Bonchev–Trinajstić information content (AvgIpc) is 3.13. The first-order chi connectivity index (χ1) is 11.9. The molecule has 2 aliphatic rings. The topological polar surface area (TPSA) is 53.4 Å². The van der Waals surface area contributed by atoms with Gasteiger partial charge in [-0.1, -0.05) is 18.1 Å². The van der Waals surface area contributed by atoms with Gasteiger partial charge in [-0.05, 0) is 57.2 Å². The summed E-state index contributed by atoms with van der Waals surface area (Å²) in [6, 6.07) is 6.11. The van der Waals surface area contributed by atoms with Crippen molar-refractivity contribution in [3.8, 4) is 0 Å². The predicted molar refractivity (Wildman–Crippen MR) is 98.7 cm³/mol. The Balaban J connectivity index is 1.78. The highest BCUT2D eigenvalue weighted by molar-refractivity contribution is 6.07. The maximum Gasteiger partial charge on any atom is 0.254 e. The zero-order chi connectivity index (χ0) is 17.8. The number of likely N-dealkylation sites (tertiary alicyclic amines) is 1. The van der Waals surface area contributed by atoms with E-state index in [4.69, 9.17) is 0 Å². The van der Waals surface area contributed by atoms with Crippen LogP contribution in [0.25, 0.3) is 10.9 Å². The molecular weight excluding hydrogens is 312 g/mol. The van der Waals surface area contributed by atoms with E-state index in [2.05, 4.69) is 11.1 Å². The lowest BCUT2D eigenvalue weighted by atomic mass is 9.82. The van der Waals surface area contributed by atoms with Crippen LogP contribution >= 0.6 is 0 Å². The number of hydrogen-bond acceptors (Lipinski definition) is 3. The Hall–Kier alpha value is -1.94. The molecule has 1 aliphatic heterocycles. The van der Waals surface area contributed by atoms with Crippen LogP contribution in [0.1, 0.15) is 46.4 Å². The molecule has 1 saturated heterocycles. The molecule has 0 radical (unpaired) electrons. The fraction of sp³-hybridized carbons (Fsp3) is 0.524. The molecule has 0 spiro atoms. The molecule has 4 rings (SSSR count). The molecule has 2 atom stereocenters. The summed E-state index contributed by atoms with van der Waals surface area (Å²) in [4.78, 5) is 20.1. The van der Waals surface area contributed by atoms with Gasteiger partial charge in [0.25, 0.3) is 5.91 Å². The van der Waals surface area contributed by atoms with Crippen LogP contribution in [0.5, 0.6) is 0 Å². The van der Waals surface area contributed by atoms with Crippen molar-refractivity contribution in [1.82, 2.24) is 9.88 Å². The van der Waals surface area contributed by atoms with Crippen molar-refractivity contribution in [3.05, 3.63) is 40.6 Å². The van der Waals surface area contributed by atoms with Crippen LogP contribution in [0.15, 0.2) is 18.2 Å². The summed E-state index contributed by atoms with van der Waals surface area (Å²) in [5.41, 5.74) is 4.62. The van der Waals surface area contributed by atoms with Crippen LogP contribution in [-0.2, 0) is 0 Å². The number of aromatic nitrogens is 1. The summed E-state index contributed by atoms with van der Waals surface area (Å²) in [5.74, 6) is 0.540. The molecule has 4 heteroatoms. The Labute approximate surface area is 148 Å². The number of fused-ring (bicyclic) bond motifs is 2. The van der Waals surface area contributed by atoms with Crippen LogP contribution in [0.3, 0.4) is 0 Å². The smallest absolute Gasteiger partial charge is 0.254 e. The SMILES string of the molecule is Cc1ccc2nc(C)c(C)c(C(=O)N3C[C@@H]4CCC[C@]4(CO)C3)c2c1. The third kappa shape index (κ3) is 2.46.